The van der Waals surface area contributed by atoms with Crippen molar-refractivity contribution in [2.24, 2.45) is 5.41 Å². The van der Waals surface area contributed by atoms with Gasteiger partial charge >= 0.3 is 0 Å². The van der Waals surface area contributed by atoms with Crippen molar-refractivity contribution in [1.82, 2.24) is 0 Å². The molecule has 2 aliphatic rings. The molecule has 1 saturated heterocycles. The van der Waals surface area contributed by atoms with Gasteiger partial charge < -0.3 is 10.1 Å². The number of nitrogens with one attached hydrogen (secondary N) is 1. The van der Waals surface area contributed by atoms with Crippen molar-refractivity contribution >= 4 is 15.5 Å². The zero-order valence-electron chi connectivity index (χ0n) is 11.1. The third-order valence-corrected chi connectivity index (χ3v) is 6.04. The van der Waals surface area contributed by atoms with Gasteiger partial charge in [0.1, 0.15) is 5.75 Å². The highest BCUT2D eigenvalue weighted by atomic mass is 32.2. The molecule has 5 heteroatoms. The minimum absolute atomic E-state index is 0.219. The van der Waals surface area contributed by atoms with Gasteiger partial charge in [-0.3, -0.25) is 0 Å². The van der Waals surface area contributed by atoms with Crippen LogP contribution in [0.15, 0.2) is 18.2 Å². The lowest BCUT2D eigenvalue weighted by molar-refractivity contribution is 0.186. The number of hydrogen-bond donors (Lipinski definition) is 1. The van der Waals surface area contributed by atoms with Crippen molar-refractivity contribution in [3.8, 4) is 5.75 Å². The Hall–Kier alpha value is -1.23. The largest absolute Gasteiger partial charge is 0.493 e. The average molecular weight is 281 g/mol. The summed E-state index contributed by atoms with van der Waals surface area (Å²) in [5.41, 5.74) is 2.15. The number of rotatable bonds is 3. The van der Waals surface area contributed by atoms with Gasteiger partial charge in [0.15, 0.2) is 9.84 Å². The predicted octanol–water partition coefficient (Wildman–Crippen LogP) is 1.86. The summed E-state index contributed by atoms with van der Waals surface area (Å²) < 4.78 is 28.5. The highest BCUT2D eigenvalue weighted by Gasteiger charge is 2.45. The first-order valence-electron chi connectivity index (χ1n) is 6.67. The Kier molecular flexibility index (Phi) is 2.96. The fourth-order valence-corrected chi connectivity index (χ4v) is 5.17. The van der Waals surface area contributed by atoms with E-state index in [0.717, 1.165) is 30.8 Å². The Balaban J connectivity index is 1.71. The first kappa shape index (κ1) is 12.8. The van der Waals surface area contributed by atoms with Crippen LogP contribution in [0.5, 0.6) is 5.75 Å². The summed E-state index contributed by atoms with van der Waals surface area (Å²) in [5, 5.41) is 3.37. The van der Waals surface area contributed by atoms with Gasteiger partial charge in [-0.25, -0.2) is 8.42 Å². The van der Waals surface area contributed by atoms with E-state index in [4.69, 9.17) is 4.74 Å². The Morgan fingerprint density at radius 2 is 2.16 bits per heavy atom. The number of hydrogen-bond acceptors (Lipinski definition) is 4. The molecule has 1 fully saturated rings. The fraction of sp³-hybridized carbons (Fsp3) is 0.571. The fourth-order valence-electron chi connectivity index (χ4n) is 2.97. The van der Waals surface area contributed by atoms with Crippen LogP contribution < -0.4 is 10.1 Å². The topological polar surface area (TPSA) is 55.4 Å². The van der Waals surface area contributed by atoms with E-state index in [-0.39, 0.29) is 16.9 Å². The molecule has 104 valence electrons. The summed E-state index contributed by atoms with van der Waals surface area (Å²) in [7, 11) is -2.80. The molecule has 0 saturated carbocycles. The molecule has 4 nitrogen and oxygen atoms in total. The summed E-state index contributed by atoms with van der Waals surface area (Å²) in [6.07, 6.45) is 2.13. The smallest absolute Gasteiger partial charge is 0.151 e. The van der Waals surface area contributed by atoms with E-state index in [2.05, 4.69) is 11.4 Å². The first-order valence-corrected chi connectivity index (χ1v) is 8.49. The lowest BCUT2D eigenvalue weighted by Crippen LogP contribution is -2.50. The molecule has 2 aliphatic heterocycles. The Morgan fingerprint density at radius 1 is 1.37 bits per heavy atom. The number of sulfone groups is 1. The molecule has 1 aromatic rings. The van der Waals surface area contributed by atoms with Crippen LogP contribution in [0.1, 0.15) is 18.9 Å². The van der Waals surface area contributed by atoms with Crippen LogP contribution in [0.25, 0.3) is 0 Å². The summed E-state index contributed by atoms with van der Waals surface area (Å²) in [4.78, 5) is 0. The zero-order valence-corrected chi connectivity index (χ0v) is 11.9. The second-order valence-electron chi connectivity index (χ2n) is 5.94. The molecule has 0 aliphatic carbocycles. The van der Waals surface area contributed by atoms with Crippen molar-refractivity contribution in [2.45, 2.75) is 19.8 Å². The van der Waals surface area contributed by atoms with Gasteiger partial charge in [-0.05, 0) is 25.0 Å². The SMILES string of the molecule is CC1(COc2cccc3c2CCCN3)CS(=O)(=O)C1. The average Bonchev–Trinajstić information content (AvgIpc) is 2.34. The lowest BCUT2D eigenvalue weighted by Gasteiger charge is -2.37. The maximum atomic E-state index is 11.3. The van der Waals surface area contributed by atoms with Crippen molar-refractivity contribution in [3.05, 3.63) is 23.8 Å². The third kappa shape index (κ3) is 2.56. The summed E-state index contributed by atoms with van der Waals surface area (Å²) in [6, 6.07) is 6.02. The highest BCUT2D eigenvalue weighted by Crippen LogP contribution is 2.35. The van der Waals surface area contributed by atoms with Gasteiger partial charge in [0.2, 0.25) is 0 Å². The van der Waals surface area contributed by atoms with E-state index < -0.39 is 9.84 Å². The molecule has 0 unspecified atom stereocenters. The maximum absolute atomic E-state index is 11.3. The zero-order chi connectivity index (χ0) is 13.5. The van der Waals surface area contributed by atoms with Crippen LogP contribution in [0.3, 0.4) is 0 Å². The monoisotopic (exact) mass is 281 g/mol. The summed E-state index contributed by atoms with van der Waals surface area (Å²) in [5.74, 6) is 1.39. The molecule has 2 heterocycles. The normalized spacial score (nSPS) is 22.8. The van der Waals surface area contributed by atoms with Gasteiger partial charge in [0, 0.05) is 23.2 Å². The van der Waals surface area contributed by atoms with Crippen LogP contribution in [0.2, 0.25) is 0 Å². The van der Waals surface area contributed by atoms with E-state index in [1.807, 2.05) is 19.1 Å². The molecule has 0 radical (unpaired) electrons. The molecule has 0 atom stereocenters. The van der Waals surface area contributed by atoms with E-state index in [1.165, 1.54) is 5.56 Å². The Labute approximate surface area is 114 Å². The van der Waals surface area contributed by atoms with Crippen molar-refractivity contribution in [2.75, 3.05) is 30.0 Å². The highest BCUT2D eigenvalue weighted by molar-refractivity contribution is 7.92. The van der Waals surface area contributed by atoms with E-state index in [9.17, 15) is 8.42 Å². The minimum atomic E-state index is -2.80. The predicted molar refractivity (Wildman–Crippen MR) is 75.5 cm³/mol. The number of fused-ring (bicyclic) bond motifs is 1. The number of ether oxygens (including phenoxy) is 1. The molecular weight excluding hydrogens is 262 g/mol. The van der Waals surface area contributed by atoms with Gasteiger partial charge in [-0.1, -0.05) is 13.0 Å². The van der Waals surface area contributed by atoms with E-state index in [1.54, 1.807) is 0 Å². The van der Waals surface area contributed by atoms with Crippen LogP contribution in [0.4, 0.5) is 5.69 Å². The lowest BCUT2D eigenvalue weighted by atomic mass is 9.96. The Bertz CT molecular complexity index is 583. The van der Waals surface area contributed by atoms with Crippen LogP contribution in [-0.2, 0) is 16.3 Å². The number of anilines is 1. The summed E-state index contributed by atoms with van der Waals surface area (Å²) in [6.45, 7) is 3.46. The summed E-state index contributed by atoms with van der Waals surface area (Å²) >= 11 is 0. The molecule has 0 bridgehead atoms. The standard InChI is InChI=1S/C14H19NO3S/c1-14(9-19(16,17)10-14)8-18-13-6-2-5-12-11(13)4-3-7-15-12/h2,5-6,15H,3-4,7-10H2,1H3. The number of benzene rings is 1. The molecule has 0 spiro atoms. The molecule has 1 N–H and O–H groups in total. The molecule has 19 heavy (non-hydrogen) atoms. The van der Waals surface area contributed by atoms with E-state index in [0.29, 0.717) is 6.61 Å². The quantitative estimate of drug-likeness (QED) is 0.919. The van der Waals surface area contributed by atoms with Crippen LogP contribution >= 0.6 is 0 Å². The van der Waals surface area contributed by atoms with Gasteiger partial charge in [0.05, 0.1) is 18.1 Å². The first-order chi connectivity index (χ1) is 8.98. The molecule has 3 rings (SSSR count). The van der Waals surface area contributed by atoms with Crippen LogP contribution in [0, 0.1) is 5.41 Å². The van der Waals surface area contributed by atoms with Crippen molar-refractivity contribution in [3.63, 3.8) is 0 Å². The van der Waals surface area contributed by atoms with Crippen molar-refractivity contribution < 1.29 is 13.2 Å². The second kappa shape index (κ2) is 4.40. The second-order valence-corrected chi connectivity index (χ2v) is 8.01. The Morgan fingerprint density at radius 3 is 2.89 bits per heavy atom. The van der Waals surface area contributed by atoms with Crippen LogP contribution in [-0.4, -0.2) is 33.1 Å². The maximum Gasteiger partial charge on any atom is 0.151 e. The van der Waals surface area contributed by atoms with Crippen molar-refractivity contribution in [1.29, 1.82) is 0 Å². The van der Waals surface area contributed by atoms with E-state index >= 15 is 0 Å². The van der Waals surface area contributed by atoms with Gasteiger partial charge in [-0.15, -0.1) is 0 Å². The molecular formula is C14H19NO3S. The third-order valence-electron chi connectivity index (χ3n) is 3.76. The molecule has 1 aromatic carbocycles. The minimum Gasteiger partial charge on any atom is -0.493 e. The molecule has 0 amide bonds. The molecule has 0 aromatic heterocycles. The van der Waals surface area contributed by atoms with Gasteiger partial charge in [0.25, 0.3) is 0 Å². The van der Waals surface area contributed by atoms with Gasteiger partial charge in [-0.2, -0.15) is 0 Å².